The van der Waals surface area contributed by atoms with Gasteiger partial charge in [-0.15, -0.1) is 0 Å². The van der Waals surface area contributed by atoms with Gasteiger partial charge in [-0.1, -0.05) is 25.7 Å². The largest absolute Gasteiger partial charge is 0.388 e. The van der Waals surface area contributed by atoms with E-state index in [0.29, 0.717) is 13.0 Å². The van der Waals surface area contributed by atoms with Crippen LogP contribution < -0.4 is 5.32 Å². The summed E-state index contributed by atoms with van der Waals surface area (Å²) in [6.07, 6.45) is 6.64. The molecule has 1 saturated heterocycles. The minimum absolute atomic E-state index is 0.0521. The van der Waals surface area contributed by atoms with Crippen molar-refractivity contribution in [3.63, 3.8) is 0 Å². The molecule has 0 aromatic heterocycles. The van der Waals surface area contributed by atoms with Crippen molar-refractivity contribution >= 4 is 15.7 Å². The second-order valence-electron chi connectivity index (χ2n) is 6.39. The highest BCUT2D eigenvalue weighted by atomic mass is 32.2. The molecule has 2 aliphatic rings. The van der Waals surface area contributed by atoms with Gasteiger partial charge in [-0.25, -0.2) is 8.42 Å². The molecule has 1 aliphatic carbocycles. The third kappa shape index (κ3) is 4.74. The normalized spacial score (nSPS) is 28.8. The molecule has 0 radical (unpaired) electrons. The van der Waals surface area contributed by atoms with Crippen molar-refractivity contribution in [2.75, 3.05) is 18.1 Å². The predicted molar refractivity (Wildman–Crippen MR) is 77.0 cm³/mol. The highest BCUT2D eigenvalue weighted by molar-refractivity contribution is 7.91. The average Bonchev–Trinajstić information content (AvgIpc) is 2.59. The summed E-state index contributed by atoms with van der Waals surface area (Å²) < 4.78 is 22.7. The third-order valence-electron chi connectivity index (χ3n) is 4.45. The molecular weight excluding hydrogens is 278 g/mol. The van der Waals surface area contributed by atoms with Crippen molar-refractivity contribution in [3.8, 4) is 0 Å². The van der Waals surface area contributed by atoms with Crippen LogP contribution in [0, 0.1) is 5.92 Å². The van der Waals surface area contributed by atoms with Gasteiger partial charge in [-0.05, 0) is 25.2 Å². The molecule has 2 rings (SSSR count). The summed E-state index contributed by atoms with van der Waals surface area (Å²) in [6, 6.07) is 0. The van der Waals surface area contributed by atoms with Crippen molar-refractivity contribution in [2.45, 2.75) is 57.0 Å². The maximum atomic E-state index is 11.9. The third-order valence-corrected chi connectivity index (χ3v) is 6.29. The van der Waals surface area contributed by atoms with E-state index in [-0.39, 0.29) is 29.8 Å². The Morgan fingerprint density at radius 2 is 1.85 bits per heavy atom. The first-order valence-corrected chi connectivity index (χ1v) is 9.40. The Kier molecular flexibility index (Phi) is 5.07. The van der Waals surface area contributed by atoms with Gasteiger partial charge >= 0.3 is 0 Å². The molecule has 0 bridgehead atoms. The van der Waals surface area contributed by atoms with E-state index < -0.39 is 15.4 Å². The van der Waals surface area contributed by atoms with Crippen LogP contribution in [0.15, 0.2) is 0 Å². The molecule has 1 unspecified atom stereocenters. The molecule has 6 heteroatoms. The molecule has 0 spiro atoms. The highest BCUT2D eigenvalue weighted by Crippen LogP contribution is 2.26. The van der Waals surface area contributed by atoms with Crippen molar-refractivity contribution in [3.05, 3.63) is 0 Å². The number of hydrogen-bond donors (Lipinski definition) is 2. The highest BCUT2D eigenvalue weighted by Gasteiger charge is 2.31. The SMILES string of the molecule is O=C(CC1CCS(=O)(=O)C1)NCC1(O)CCCCCC1. The Labute approximate surface area is 121 Å². The smallest absolute Gasteiger partial charge is 0.220 e. The number of carbonyl (C=O) groups is 1. The second-order valence-corrected chi connectivity index (χ2v) is 8.62. The predicted octanol–water partition coefficient (Wildman–Crippen LogP) is 1.01. The van der Waals surface area contributed by atoms with Crippen molar-refractivity contribution in [1.82, 2.24) is 5.32 Å². The van der Waals surface area contributed by atoms with Gasteiger partial charge in [0.2, 0.25) is 5.91 Å². The van der Waals surface area contributed by atoms with E-state index in [4.69, 9.17) is 0 Å². The molecular formula is C14H25NO4S. The first kappa shape index (κ1) is 15.8. The Morgan fingerprint density at radius 3 is 2.40 bits per heavy atom. The summed E-state index contributed by atoms with van der Waals surface area (Å²) >= 11 is 0. The van der Waals surface area contributed by atoms with Crippen LogP contribution in [0.5, 0.6) is 0 Å². The van der Waals surface area contributed by atoms with Gasteiger partial charge < -0.3 is 10.4 Å². The van der Waals surface area contributed by atoms with Gasteiger partial charge in [-0.3, -0.25) is 4.79 Å². The molecule has 1 atom stereocenters. The van der Waals surface area contributed by atoms with E-state index in [9.17, 15) is 18.3 Å². The van der Waals surface area contributed by atoms with Gasteiger partial charge in [0.1, 0.15) is 0 Å². The number of nitrogens with one attached hydrogen (secondary N) is 1. The van der Waals surface area contributed by atoms with E-state index in [0.717, 1.165) is 38.5 Å². The zero-order chi connectivity index (χ0) is 14.6. The molecule has 20 heavy (non-hydrogen) atoms. The van der Waals surface area contributed by atoms with E-state index in [1.807, 2.05) is 0 Å². The lowest BCUT2D eigenvalue weighted by atomic mass is 9.94. The van der Waals surface area contributed by atoms with Gasteiger partial charge in [-0.2, -0.15) is 0 Å². The molecule has 1 amide bonds. The van der Waals surface area contributed by atoms with Crippen LogP contribution in [0.3, 0.4) is 0 Å². The fourth-order valence-corrected chi connectivity index (χ4v) is 5.06. The molecule has 1 saturated carbocycles. The molecule has 1 aliphatic heterocycles. The zero-order valence-electron chi connectivity index (χ0n) is 11.9. The summed E-state index contributed by atoms with van der Waals surface area (Å²) in [5, 5.41) is 13.2. The summed E-state index contributed by atoms with van der Waals surface area (Å²) in [5.74, 6) is 0.146. The Hall–Kier alpha value is -0.620. The Bertz CT molecular complexity index is 438. The summed E-state index contributed by atoms with van der Waals surface area (Å²) in [4.78, 5) is 11.9. The topological polar surface area (TPSA) is 83.5 Å². The molecule has 0 aromatic rings. The van der Waals surface area contributed by atoms with Gasteiger partial charge in [0.25, 0.3) is 0 Å². The van der Waals surface area contributed by atoms with Crippen LogP contribution in [-0.4, -0.2) is 43.1 Å². The van der Waals surface area contributed by atoms with Crippen molar-refractivity contribution < 1.29 is 18.3 Å². The van der Waals surface area contributed by atoms with Crippen LogP contribution in [0.4, 0.5) is 0 Å². The number of hydrogen-bond acceptors (Lipinski definition) is 4. The van der Waals surface area contributed by atoms with Gasteiger partial charge in [0, 0.05) is 13.0 Å². The lowest BCUT2D eigenvalue weighted by molar-refractivity contribution is -0.123. The van der Waals surface area contributed by atoms with E-state index in [2.05, 4.69) is 5.32 Å². The van der Waals surface area contributed by atoms with Crippen LogP contribution in [0.25, 0.3) is 0 Å². The maximum Gasteiger partial charge on any atom is 0.220 e. The zero-order valence-corrected chi connectivity index (χ0v) is 12.8. The lowest BCUT2D eigenvalue weighted by Gasteiger charge is -2.27. The minimum atomic E-state index is -2.92. The fourth-order valence-electron chi connectivity index (χ4n) is 3.19. The molecule has 1 heterocycles. The van der Waals surface area contributed by atoms with Crippen LogP contribution in [0.1, 0.15) is 51.4 Å². The van der Waals surface area contributed by atoms with Crippen molar-refractivity contribution in [1.29, 1.82) is 0 Å². The first-order valence-electron chi connectivity index (χ1n) is 7.58. The number of sulfone groups is 1. The summed E-state index contributed by atoms with van der Waals surface area (Å²) in [5.41, 5.74) is -0.770. The fraction of sp³-hybridized carbons (Fsp3) is 0.929. The van der Waals surface area contributed by atoms with E-state index in [1.54, 1.807) is 0 Å². The van der Waals surface area contributed by atoms with E-state index in [1.165, 1.54) is 0 Å². The van der Waals surface area contributed by atoms with Crippen molar-refractivity contribution in [2.24, 2.45) is 5.92 Å². The number of rotatable bonds is 4. The standard InChI is InChI=1S/C14H25NO4S/c16-13(9-12-5-8-20(18,19)10-12)15-11-14(17)6-3-1-2-4-7-14/h12,17H,1-11H2,(H,15,16). The quantitative estimate of drug-likeness (QED) is 0.759. The van der Waals surface area contributed by atoms with E-state index >= 15 is 0 Å². The second kappa shape index (κ2) is 6.43. The van der Waals surface area contributed by atoms with Crippen LogP contribution in [-0.2, 0) is 14.6 Å². The Morgan fingerprint density at radius 1 is 1.20 bits per heavy atom. The molecule has 2 N–H and O–H groups in total. The minimum Gasteiger partial charge on any atom is -0.388 e. The number of aliphatic hydroxyl groups is 1. The summed E-state index contributed by atoms with van der Waals surface area (Å²) in [7, 11) is -2.92. The molecule has 5 nitrogen and oxygen atoms in total. The lowest BCUT2D eigenvalue weighted by Crippen LogP contribution is -2.43. The van der Waals surface area contributed by atoms with Crippen LogP contribution in [0.2, 0.25) is 0 Å². The van der Waals surface area contributed by atoms with Crippen LogP contribution >= 0.6 is 0 Å². The monoisotopic (exact) mass is 303 g/mol. The average molecular weight is 303 g/mol. The Balaban J connectivity index is 1.74. The molecule has 116 valence electrons. The first-order chi connectivity index (χ1) is 9.39. The number of carbonyl (C=O) groups excluding carboxylic acids is 1. The number of amides is 1. The van der Waals surface area contributed by atoms with Gasteiger partial charge in [0.15, 0.2) is 9.84 Å². The maximum absolute atomic E-state index is 11.9. The van der Waals surface area contributed by atoms with Gasteiger partial charge in [0.05, 0.1) is 17.1 Å². The molecule has 0 aromatic carbocycles. The summed E-state index contributed by atoms with van der Waals surface area (Å²) in [6.45, 7) is 0.297. The molecule has 2 fully saturated rings.